The third kappa shape index (κ3) is 7.51. The highest BCUT2D eigenvalue weighted by atomic mass is 16.5. The van der Waals surface area contributed by atoms with Gasteiger partial charge >= 0.3 is 0 Å². The number of rotatable bonds is 15. The largest absolute Gasteiger partial charge is 0.497 e. The van der Waals surface area contributed by atoms with E-state index < -0.39 is 11.1 Å². The summed E-state index contributed by atoms with van der Waals surface area (Å²) in [6, 6.07) is 33.9. The molecule has 2 saturated carbocycles. The number of methoxy groups -OCH3 is 2. The highest BCUT2D eigenvalue weighted by molar-refractivity contribution is 6.06. The van der Waals surface area contributed by atoms with E-state index in [0.717, 1.165) is 11.1 Å². The summed E-state index contributed by atoms with van der Waals surface area (Å²) in [7, 11) is 6.61. The Labute approximate surface area is 305 Å². The number of carbonyl (C=O) groups excluding carboxylic acids is 4. The number of amides is 4. The van der Waals surface area contributed by atoms with E-state index in [9.17, 15) is 19.2 Å². The maximum absolute atomic E-state index is 14.0. The standard InChI is InChI=1S/C42H46N4O6/c1-45(31-19-23-33(51-3)24-20-31)39(49)41(27-35(41)29-13-7-5-8-14-29)43-37(47)17-11-12-18-38(48)44-42(28-36(42)30-15-9-6-10-16-30)40(50)46(2)32-21-25-34(52-4)26-22-32/h5-10,13-16,19-26,35-36H,11-12,17-18,27-28H2,1-4H3,(H,43,47)(H,44,48)/t35-,36?,41-,42-/m1/s1. The van der Waals surface area contributed by atoms with Crippen LogP contribution in [0.15, 0.2) is 109 Å². The number of hydrogen-bond acceptors (Lipinski definition) is 6. The molecule has 0 radical (unpaired) electrons. The molecule has 4 aromatic carbocycles. The van der Waals surface area contributed by atoms with Crippen molar-refractivity contribution in [2.75, 3.05) is 38.1 Å². The molecule has 10 heteroatoms. The Hall–Kier alpha value is -5.64. The van der Waals surface area contributed by atoms with Gasteiger partial charge in [-0.2, -0.15) is 0 Å². The van der Waals surface area contributed by atoms with Gasteiger partial charge in [0.15, 0.2) is 0 Å². The summed E-state index contributed by atoms with van der Waals surface area (Å²) >= 11 is 0. The summed E-state index contributed by atoms with van der Waals surface area (Å²) in [5, 5.41) is 6.17. The molecule has 2 aliphatic rings. The number of hydrogen-bond donors (Lipinski definition) is 2. The number of anilines is 2. The van der Waals surface area contributed by atoms with E-state index in [2.05, 4.69) is 10.6 Å². The van der Waals surface area contributed by atoms with Crippen molar-refractivity contribution in [3.63, 3.8) is 0 Å². The number of ether oxygens (including phenoxy) is 2. The van der Waals surface area contributed by atoms with E-state index in [1.165, 1.54) is 0 Å². The predicted molar refractivity (Wildman–Crippen MR) is 201 cm³/mol. The average Bonchev–Trinajstić information content (AvgIpc) is 4.11. The zero-order valence-corrected chi connectivity index (χ0v) is 30.1. The van der Waals surface area contributed by atoms with Gasteiger partial charge in [-0.05, 0) is 85.3 Å². The molecule has 4 amide bonds. The van der Waals surface area contributed by atoms with Gasteiger partial charge in [0.05, 0.1) is 14.2 Å². The summed E-state index contributed by atoms with van der Waals surface area (Å²) in [4.78, 5) is 57.9. The van der Waals surface area contributed by atoms with Crippen molar-refractivity contribution in [2.24, 2.45) is 0 Å². The quantitative estimate of drug-likeness (QED) is 0.147. The van der Waals surface area contributed by atoms with Gasteiger partial charge in [0.25, 0.3) is 11.8 Å². The Kier molecular flexibility index (Phi) is 10.6. The van der Waals surface area contributed by atoms with Crippen LogP contribution in [0.1, 0.15) is 61.5 Å². The fourth-order valence-corrected chi connectivity index (χ4v) is 7.20. The number of likely N-dealkylation sites (N-methyl/N-ethyl adjacent to an activating group) is 2. The highest BCUT2D eigenvalue weighted by Gasteiger charge is 2.63. The second-order valence-electron chi connectivity index (χ2n) is 13.7. The Balaban J connectivity index is 1.07. The van der Waals surface area contributed by atoms with Gasteiger partial charge in [0.2, 0.25) is 11.8 Å². The summed E-state index contributed by atoms with van der Waals surface area (Å²) in [6.07, 6.45) is 2.20. The second-order valence-corrected chi connectivity index (χ2v) is 13.7. The van der Waals surface area contributed by atoms with Crippen molar-refractivity contribution in [3.8, 4) is 11.5 Å². The van der Waals surface area contributed by atoms with Crippen molar-refractivity contribution < 1.29 is 28.7 Å². The van der Waals surface area contributed by atoms with Crippen molar-refractivity contribution in [3.05, 3.63) is 120 Å². The average molecular weight is 703 g/mol. The third-order valence-electron chi connectivity index (χ3n) is 10.4. The molecule has 0 bridgehead atoms. The molecule has 0 heterocycles. The van der Waals surface area contributed by atoms with Crippen LogP contribution in [0.2, 0.25) is 0 Å². The Bertz CT molecular complexity index is 1750. The van der Waals surface area contributed by atoms with Crippen LogP contribution in [0.25, 0.3) is 0 Å². The first-order valence-corrected chi connectivity index (χ1v) is 17.7. The number of unbranched alkanes of at least 4 members (excludes halogenated alkanes) is 1. The van der Waals surface area contributed by atoms with Crippen LogP contribution in [-0.4, -0.2) is 63.0 Å². The molecule has 4 atom stereocenters. The van der Waals surface area contributed by atoms with Gasteiger partial charge in [-0.15, -0.1) is 0 Å². The first-order valence-electron chi connectivity index (χ1n) is 17.7. The molecule has 0 aliphatic heterocycles. The van der Waals surface area contributed by atoms with Gasteiger partial charge in [-0.3, -0.25) is 19.2 Å². The molecular formula is C42H46N4O6. The fraction of sp³-hybridized carbons (Fsp3) is 0.333. The molecule has 0 spiro atoms. The van der Waals surface area contributed by atoms with Gasteiger partial charge in [-0.25, -0.2) is 0 Å². The third-order valence-corrected chi connectivity index (χ3v) is 10.4. The predicted octanol–water partition coefficient (Wildman–Crippen LogP) is 5.98. The summed E-state index contributed by atoms with van der Waals surface area (Å²) in [5.74, 6) is 0.202. The minimum atomic E-state index is -1.06. The molecular weight excluding hydrogens is 656 g/mol. The zero-order chi connectivity index (χ0) is 36.9. The van der Waals surface area contributed by atoms with Crippen molar-refractivity contribution in [1.82, 2.24) is 10.6 Å². The molecule has 0 saturated heterocycles. The molecule has 52 heavy (non-hydrogen) atoms. The van der Waals surface area contributed by atoms with Crippen LogP contribution < -0.4 is 29.9 Å². The van der Waals surface area contributed by atoms with Crippen LogP contribution in [0, 0.1) is 0 Å². The monoisotopic (exact) mass is 702 g/mol. The minimum absolute atomic E-state index is 0.155. The summed E-state index contributed by atoms with van der Waals surface area (Å²) < 4.78 is 10.5. The topological polar surface area (TPSA) is 117 Å². The molecule has 4 aromatic rings. The van der Waals surface area contributed by atoms with Gasteiger partial charge in [0, 0.05) is 50.1 Å². The van der Waals surface area contributed by atoms with E-state index in [1.807, 2.05) is 84.9 Å². The summed E-state index contributed by atoms with van der Waals surface area (Å²) in [6.45, 7) is 0. The van der Waals surface area contributed by atoms with Crippen LogP contribution >= 0.6 is 0 Å². The van der Waals surface area contributed by atoms with E-state index in [1.54, 1.807) is 62.4 Å². The first-order chi connectivity index (χ1) is 25.1. The summed E-state index contributed by atoms with van der Waals surface area (Å²) in [5.41, 5.74) is 1.25. The van der Waals surface area contributed by atoms with Gasteiger partial charge in [0.1, 0.15) is 22.6 Å². The maximum Gasteiger partial charge on any atom is 0.253 e. The molecule has 2 N–H and O–H groups in total. The Morgan fingerprint density at radius 3 is 1.25 bits per heavy atom. The number of carbonyl (C=O) groups is 4. The normalized spacial score (nSPS) is 21.3. The Morgan fingerprint density at radius 2 is 0.923 bits per heavy atom. The lowest BCUT2D eigenvalue weighted by molar-refractivity contribution is -0.129. The lowest BCUT2D eigenvalue weighted by Crippen LogP contribution is -2.51. The lowest BCUT2D eigenvalue weighted by atomic mass is 10.0. The minimum Gasteiger partial charge on any atom is -0.497 e. The van der Waals surface area contributed by atoms with Crippen LogP contribution in [0.4, 0.5) is 11.4 Å². The van der Waals surface area contributed by atoms with Crippen molar-refractivity contribution in [1.29, 1.82) is 0 Å². The van der Waals surface area contributed by atoms with Gasteiger partial charge < -0.3 is 29.9 Å². The molecule has 10 nitrogen and oxygen atoms in total. The maximum atomic E-state index is 14.0. The van der Waals surface area contributed by atoms with Crippen LogP contribution in [0.5, 0.6) is 11.5 Å². The fourth-order valence-electron chi connectivity index (χ4n) is 7.20. The number of nitrogens with one attached hydrogen (secondary N) is 2. The molecule has 1 unspecified atom stereocenters. The zero-order valence-electron chi connectivity index (χ0n) is 30.1. The van der Waals surface area contributed by atoms with E-state index >= 15 is 0 Å². The SMILES string of the molecule is COc1ccc(N(C)C(=O)[C@@]2(NC(=O)CCCCC(=O)N[C@]3(C(=O)N(C)c4ccc(OC)cc4)C[C@@H]3c3ccccc3)CC2c2ccccc2)cc1. The molecule has 2 fully saturated rings. The highest BCUT2D eigenvalue weighted by Crippen LogP contribution is 2.54. The lowest BCUT2D eigenvalue weighted by Gasteiger charge is -2.26. The van der Waals surface area contributed by atoms with Crippen LogP contribution in [-0.2, 0) is 19.2 Å². The van der Waals surface area contributed by atoms with Crippen molar-refractivity contribution >= 4 is 35.0 Å². The molecule has 2 aliphatic carbocycles. The number of benzene rings is 4. The molecule has 270 valence electrons. The second kappa shape index (κ2) is 15.3. The van der Waals surface area contributed by atoms with Crippen LogP contribution in [0.3, 0.4) is 0 Å². The van der Waals surface area contributed by atoms with E-state index in [4.69, 9.17) is 9.47 Å². The van der Waals surface area contributed by atoms with E-state index in [-0.39, 0.29) is 48.3 Å². The number of nitrogens with zero attached hydrogens (tertiary/aromatic N) is 2. The molecule has 6 rings (SSSR count). The smallest absolute Gasteiger partial charge is 0.253 e. The van der Waals surface area contributed by atoms with E-state index in [0.29, 0.717) is 48.6 Å². The Morgan fingerprint density at radius 1 is 0.577 bits per heavy atom. The van der Waals surface area contributed by atoms with Gasteiger partial charge in [-0.1, -0.05) is 60.7 Å². The molecule has 0 aromatic heterocycles. The van der Waals surface area contributed by atoms with Crippen molar-refractivity contribution in [2.45, 2.75) is 61.4 Å². The first kappa shape index (κ1) is 36.2.